The first kappa shape index (κ1) is 22.2. The number of unbranched alkanes of at least 4 members (excludes halogenated alkanes) is 1. The zero-order valence-corrected chi connectivity index (χ0v) is 19.4. The Morgan fingerprint density at radius 2 is 2.00 bits per heavy atom. The van der Waals surface area contributed by atoms with Crippen molar-refractivity contribution in [3.05, 3.63) is 35.8 Å². The third kappa shape index (κ3) is 4.94. The van der Waals surface area contributed by atoms with Crippen LogP contribution in [0, 0.1) is 0 Å². The lowest BCUT2D eigenvalue weighted by molar-refractivity contribution is 0.0780. The van der Waals surface area contributed by atoms with Crippen LogP contribution >= 0.6 is 0 Å². The zero-order valence-electron chi connectivity index (χ0n) is 18.5. The first-order valence-corrected chi connectivity index (χ1v) is 13.1. The number of rotatable bonds is 7. The predicted molar refractivity (Wildman–Crippen MR) is 121 cm³/mol. The fraction of sp³-hybridized carbons (Fsp3) is 0.636. The van der Waals surface area contributed by atoms with Crippen molar-refractivity contribution in [2.24, 2.45) is 0 Å². The molecule has 2 saturated heterocycles. The van der Waals surface area contributed by atoms with Gasteiger partial charge >= 0.3 is 0 Å². The van der Waals surface area contributed by atoms with Gasteiger partial charge in [-0.3, -0.25) is 14.6 Å². The molecule has 8 nitrogen and oxygen atoms in total. The molecule has 2 aliphatic rings. The normalized spacial score (nSPS) is 22.2. The summed E-state index contributed by atoms with van der Waals surface area (Å²) in [6, 6.07) is 6.00. The lowest BCUT2D eigenvalue weighted by Crippen LogP contribution is -2.50. The van der Waals surface area contributed by atoms with E-state index in [-0.39, 0.29) is 11.9 Å². The zero-order chi connectivity index (χ0) is 22.0. The lowest BCUT2D eigenvalue weighted by atomic mass is 10.2. The molecule has 2 aromatic rings. The number of amides is 1. The van der Waals surface area contributed by atoms with E-state index in [9.17, 15) is 13.2 Å². The number of hydrogen-bond donors (Lipinski definition) is 0. The minimum atomic E-state index is -2.86. The van der Waals surface area contributed by atoms with E-state index in [4.69, 9.17) is 0 Å². The second-order valence-electron chi connectivity index (χ2n) is 8.79. The second-order valence-corrected chi connectivity index (χ2v) is 11.0. The highest BCUT2D eigenvalue weighted by atomic mass is 32.2. The molecule has 1 atom stereocenters. The highest BCUT2D eigenvalue weighted by Gasteiger charge is 2.34. The van der Waals surface area contributed by atoms with Gasteiger partial charge in [0.1, 0.15) is 5.65 Å². The van der Waals surface area contributed by atoms with Crippen LogP contribution in [0.2, 0.25) is 0 Å². The van der Waals surface area contributed by atoms with Crippen molar-refractivity contribution in [3.8, 4) is 0 Å². The number of carbonyl (C=O) groups is 1. The van der Waals surface area contributed by atoms with E-state index in [0.717, 1.165) is 63.3 Å². The molecule has 2 aliphatic heterocycles. The summed E-state index contributed by atoms with van der Waals surface area (Å²) in [4.78, 5) is 24.2. The summed E-state index contributed by atoms with van der Waals surface area (Å²) in [5.41, 5.74) is 2.26. The van der Waals surface area contributed by atoms with Gasteiger partial charge in [-0.25, -0.2) is 13.4 Å². The smallest absolute Gasteiger partial charge is 0.274 e. The van der Waals surface area contributed by atoms with Crippen molar-refractivity contribution < 1.29 is 13.2 Å². The van der Waals surface area contributed by atoms with Crippen molar-refractivity contribution in [3.63, 3.8) is 0 Å². The van der Waals surface area contributed by atoms with Crippen LogP contribution in [0.4, 0.5) is 0 Å². The van der Waals surface area contributed by atoms with Crippen molar-refractivity contribution in [2.75, 3.05) is 51.3 Å². The number of sulfone groups is 1. The number of aromatic nitrogens is 2. The molecule has 1 unspecified atom stereocenters. The first-order valence-electron chi connectivity index (χ1n) is 11.3. The molecule has 0 saturated carbocycles. The molecule has 0 bridgehead atoms. The monoisotopic (exact) mass is 447 g/mol. The molecule has 0 aromatic carbocycles. The Labute approximate surface area is 184 Å². The molecule has 1 amide bonds. The molecule has 4 rings (SSSR count). The summed E-state index contributed by atoms with van der Waals surface area (Å²) in [5.74, 6) is 0.585. The molecule has 2 aromatic heterocycles. The third-order valence-electron chi connectivity index (χ3n) is 6.53. The van der Waals surface area contributed by atoms with Crippen molar-refractivity contribution in [1.82, 2.24) is 24.1 Å². The molecule has 9 heteroatoms. The van der Waals surface area contributed by atoms with E-state index in [1.54, 1.807) is 4.90 Å². The van der Waals surface area contributed by atoms with Gasteiger partial charge in [0.2, 0.25) is 0 Å². The molecule has 31 heavy (non-hydrogen) atoms. The number of piperazine rings is 1. The summed E-state index contributed by atoms with van der Waals surface area (Å²) in [7, 11) is -1.02. The Bertz CT molecular complexity index is 1030. The Morgan fingerprint density at radius 1 is 1.23 bits per heavy atom. The molecule has 0 N–H and O–H groups in total. The largest absolute Gasteiger partial charge is 0.340 e. The van der Waals surface area contributed by atoms with Gasteiger partial charge in [0, 0.05) is 58.6 Å². The van der Waals surface area contributed by atoms with Gasteiger partial charge in [-0.2, -0.15) is 0 Å². The predicted octanol–water partition coefficient (Wildman–Crippen LogP) is 1.51. The van der Waals surface area contributed by atoms with Gasteiger partial charge < -0.3 is 9.30 Å². The van der Waals surface area contributed by atoms with Gasteiger partial charge in [0.25, 0.3) is 5.91 Å². The molecule has 2 fully saturated rings. The van der Waals surface area contributed by atoms with Gasteiger partial charge in [0.05, 0.1) is 17.2 Å². The lowest BCUT2D eigenvalue weighted by Gasteiger charge is -2.37. The summed E-state index contributed by atoms with van der Waals surface area (Å²) in [5, 5.41) is 0. The first-order chi connectivity index (χ1) is 14.9. The average molecular weight is 448 g/mol. The van der Waals surface area contributed by atoms with Crippen LogP contribution in [0.3, 0.4) is 0 Å². The van der Waals surface area contributed by atoms with E-state index in [1.807, 2.05) is 35.8 Å². The van der Waals surface area contributed by atoms with Gasteiger partial charge in [-0.1, -0.05) is 19.4 Å². The summed E-state index contributed by atoms with van der Waals surface area (Å²) in [6.45, 7) is 6.94. The highest BCUT2D eigenvalue weighted by molar-refractivity contribution is 7.91. The van der Waals surface area contributed by atoms with Gasteiger partial charge in [-0.15, -0.1) is 0 Å². The molecule has 0 spiro atoms. The van der Waals surface area contributed by atoms with Crippen LogP contribution in [0.5, 0.6) is 0 Å². The van der Waals surface area contributed by atoms with Crippen LogP contribution in [0.1, 0.15) is 42.4 Å². The minimum absolute atomic E-state index is 0.0260. The van der Waals surface area contributed by atoms with Crippen LogP contribution in [0.25, 0.3) is 5.65 Å². The fourth-order valence-corrected chi connectivity index (χ4v) is 6.37. The third-order valence-corrected chi connectivity index (χ3v) is 8.28. The average Bonchev–Trinajstić information content (AvgIpc) is 3.32. The van der Waals surface area contributed by atoms with Crippen LogP contribution in [-0.4, -0.2) is 95.7 Å². The topological polar surface area (TPSA) is 78.2 Å². The maximum absolute atomic E-state index is 13.1. The van der Waals surface area contributed by atoms with E-state index >= 15 is 0 Å². The van der Waals surface area contributed by atoms with Gasteiger partial charge in [0.15, 0.2) is 15.5 Å². The maximum Gasteiger partial charge on any atom is 0.274 e. The quantitative estimate of drug-likeness (QED) is 0.640. The molecule has 170 valence electrons. The summed E-state index contributed by atoms with van der Waals surface area (Å²) < 4.78 is 25.7. The Balaban J connectivity index is 1.47. The Kier molecular flexibility index (Phi) is 6.64. The fourth-order valence-electron chi connectivity index (χ4n) is 4.61. The molecule has 4 heterocycles. The van der Waals surface area contributed by atoms with Crippen molar-refractivity contribution >= 4 is 21.4 Å². The number of hydrogen-bond acceptors (Lipinski definition) is 6. The van der Waals surface area contributed by atoms with E-state index in [1.165, 1.54) is 0 Å². The standard InChI is InChI=1S/C22H33N5O3S/c1-3-4-9-24(2)22(28)21-19(27-10-6-5-7-20(27)23-21)16-25-11-13-26(14-12-25)18-8-15-31(29,30)17-18/h5-7,10,18H,3-4,8-9,11-17H2,1-2H3. The number of pyridine rings is 1. The van der Waals surface area contributed by atoms with Gasteiger partial charge in [-0.05, 0) is 25.0 Å². The van der Waals surface area contributed by atoms with E-state index < -0.39 is 9.84 Å². The minimum Gasteiger partial charge on any atom is -0.340 e. The highest BCUT2D eigenvalue weighted by Crippen LogP contribution is 2.21. The van der Waals surface area contributed by atoms with Crippen LogP contribution < -0.4 is 0 Å². The van der Waals surface area contributed by atoms with E-state index in [2.05, 4.69) is 21.7 Å². The summed E-state index contributed by atoms with van der Waals surface area (Å²) >= 11 is 0. The SMILES string of the molecule is CCCCN(C)C(=O)c1nc2ccccn2c1CN1CCN(C2CCS(=O)(=O)C2)CC1. The molecule has 0 radical (unpaired) electrons. The Hall–Kier alpha value is -1.97. The second kappa shape index (κ2) is 9.26. The van der Waals surface area contributed by atoms with Crippen molar-refractivity contribution in [2.45, 2.75) is 38.8 Å². The number of carbonyl (C=O) groups excluding carboxylic acids is 1. The number of nitrogens with zero attached hydrogens (tertiary/aromatic N) is 5. The maximum atomic E-state index is 13.1. The van der Waals surface area contributed by atoms with Crippen LogP contribution in [0.15, 0.2) is 24.4 Å². The number of imidazole rings is 1. The Morgan fingerprint density at radius 3 is 2.68 bits per heavy atom. The van der Waals surface area contributed by atoms with E-state index in [0.29, 0.717) is 23.7 Å². The van der Waals surface area contributed by atoms with Crippen molar-refractivity contribution in [1.29, 1.82) is 0 Å². The molecular weight excluding hydrogens is 414 g/mol. The molecular formula is C22H33N5O3S. The summed E-state index contributed by atoms with van der Waals surface area (Å²) in [6.07, 6.45) is 4.74. The van der Waals surface area contributed by atoms with Crippen LogP contribution in [-0.2, 0) is 16.4 Å². The number of fused-ring (bicyclic) bond motifs is 1. The molecule has 0 aliphatic carbocycles.